The molecule has 0 radical (unpaired) electrons. The molecule has 1 aliphatic heterocycles. The van der Waals surface area contributed by atoms with E-state index < -0.39 is 0 Å². The summed E-state index contributed by atoms with van der Waals surface area (Å²) >= 11 is 0. The second-order valence-electron chi connectivity index (χ2n) is 9.62. The van der Waals surface area contributed by atoms with Crippen molar-refractivity contribution in [3.05, 3.63) is 45.7 Å². The molecule has 0 bridgehead atoms. The van der Waals surface area contributed by atoms with Gasteiger partial charge in [-0.05, 0) is 42.9 Å². The van der Waals surface area contributed by atoms with Crippen molar-refractivity contribution in [3.63, 3.8) is 0 Å². The highest BCUT2D eigenvalue weighted by Crippen LogP contribution is 2.57. The van der Waals surface area contributed by atoms with Gasteiger partial charge in [0.1, 0.15) is 0 Å². The lowest BCUT2D eigenvalue weighted by Gasteiger charge is -2.49. The van der Waals surface area contributed by atoms with Gasteiger partial charge in [0, 0.05) is 49.9 Å². The number of methoxy groups -OCH3 is 2. The summed E-state index contributed by atoms with van der Waals surface area (Å²) in [6.45, 7) is 7.22. The highest BCUT2D eigenvalue weighted by molar-refractivity contribution is 5.94. The van der Waals surface area contributed by atoms with Gasteiger partial charge in [0.15, 0.2) is 22.7 Å². The molecule has 0 spiro atoms. The maximum atomic E-state index is 12.8. The summed E-state index contributed by atoms with van der Waals surface area (Å²) in [5.41, 5.74) is 3.06. The molecule has 0 amide bonds. The zero-order chi connectivity index (χ0) is 23.0. The monoisotopic (exact) mass is 439 g/mol. The van der Waals surface area contributed by atoms with Crippen LogP contribution in [0.2, 0.25) is 0 Å². The molecular formula is C26H33NO5. The molecule has 1 aromatic carbocycles. The average molecular weight is 440 g/mol. The Bertz CT molecular complexity index is 1080. The Balaban J connectivity index is 1.90. The third-order valence-corrected chi connectivity index (χ3v) is 7.04. The topological polar surface area (TPSA) is 66.8 Å². The number of ether oxygens (including phenoxy) is 3. The summed E-state index contributed by atoms with van der Waals surface area (Å²) in [4.78, 5) is 24.9. The first-order valence-electron chi connectivity index (χ1n) is 11.4. The maximum Gasteiger partial charge on any atom is 0.192 e. The second-order valence-corrected chi connectivity index (χ2v) is 9.62. The third kappa shape index (κ3) is 3.85. The molecular weight excluding hydrogens is 406 g/mol. The molecule has 0 saturated heterocycles. The summed E-state index contributed by atoms with van der Waals surface area (Å²) < 4.78 is 19.0. The quantitative estimate of drug-likeness (QED) is 0.449. The van der Waals surface area contributed by atoms with Crippen LogP contribution in [0.4, 0.5) is 0 Å². The molecule has 2 aliphatic rings. The number of carbonyl (C=O) groups is 1. The minimum atomic E-state index is -0.236. The number of hydrogen-bond donors (Lipinski definition) is 0. The van der Waals surface area contributed by atoms with Gasteiger partial charge >= 0.3 is 0 Å². The van der Waals surface area contributed by atoms with Crippen LogP contribution >= 0.6 is 0 Å². The van der Waals surface area contributed by atoms with E-state index in [0.717, 1.165) is 42.7 Å². The molecule has 2 aromatic rings. The summed E-state index contributed by atoms with van der Waals surface area (Å²) in [6, 6.07) is 5.87. The minimum Gasteiger partial charge on any atom is -0.493 e. The molecule has 0 unspecified atom stereocenters. The number of carbonyl (C=O) groups excluding carboxylic acids is 1. The van der Waals surface area contributed by atoms with Crippen LogP contribution in [0.25, 0.3) is 11.3 Å². The molecule has 2 heterocycles. The lowest BCUT2D eigenvalue weighted by atomic mass is 9.63. The number of benzene rings is 1. The van der Waals surface area contributed by atoms with Crippen molar-refractivity contribution in [1.82, 2.24) is 4.57 Å². The van der Waals surface area contributed by atoms with E-state index in [9.17, 15) is 9.59 Å². The van der Waals surface area contributed by atoms with Crippen molar-refractivity contribution < 1.29 is 19.0 Å². The number of nitrogens with zero attached hydrogens (tertiary/aromatic N) is 1. The van der Waals surface area contributed by atoms with Gasteiger partial charge in [-0.25, -0.2) is 0 Å². The predicted molar refractivity (Wildman–Crippen MR) is 124 cm³/mol. The van der Waals surface area contributed by atoms with Gasteiger partial charge < -0.3 is 18.8 Å². The van der Waals surface area contributed by atoms with Crippen LogP contribution in [-0.2, 0) is 4.74 Å². The van der Waals surface area contributed by atoms with Crippen LogP contribution in [0.15, 0.2) is 29.2 Å². The SMILES string of the molecule is COCCCOc1cc2c(cc1OC)-c1cc(=O)c(C(C)=O)cn1[C@H]1[C@@H]2CCCC1(C)C. The average Bonchev–Trinajstić information content (AvgIpc) is 2.75. The van der Waals surface area contributed by atoms with Crippen LogP contribution in [0.5, 0.6) is 11.5 Å². The fourth-order valence-corrected chi connectivity index (χ4v) is 5.55. The predicted octanol–water partition coefficient (Wildman–Crippen LogP) is 4.99. The van der Waals surface area contributed by atoms with E-state index in [1.165, 1.54) is 12.5 Å². The van der Waals surface area contributed by atoms with Crippen molar-refractivity contribution in [1.29, 1.82) is 0 Å². The van der Waals surface area contributed by atoms with Gasteiger partial charge in [0.05, 0.1) is 25.0 Å². The molecule has 172 valence electrons. The van der Waals surface area contributed by atoms with Crippen molar-refractivity contribution >= 4 is 5.78 Å². The highest BCUT2D eigenvalue weighted by Gasteiger charge is 2.45. The van der Waals surface area contributed by atoms with Crippen LogP contribution in [0, 0.1) is 5.41 Å². The summed E-state index contributed by atoms with van der Waals surface area (Å²) in [7, 11) is 3.31. The van der Waals surface area contributed by atoms with E-state index in [4.69, 9.17) is 14.2 Å². The number of ketones is 1. The van der Waals surface area contributed by atoms with Gasteiger partial charge in [0.25, 0.3) is 0 Å². The first-order chi connectivity index (χ1) is 15.3. The van der Waals surface area contributed by atoms with Gasteiger partial charge in [-0.2, -0.15) is 0 Å². The lowest BCUT2D eigenvalue weighted by Crippen LogP contribution is -2.39. The third-order valence-electron chi connectivity index (χ3n) is 7.04. The van der Waals surface area contributed by atoms with E-state index in [1.54, 1.807) is 26.5 Å². The normalized spacial score (nSPS) is 20.7. The number of Topliss-reactive ketones (excluding diaryl/α,β-unsaturated/α-hetero) is 1. The summed E-state index contributed by atoms with van der Waals surface area (Å²) in [5.74, 6) is 1.44. The second kappa shape index (κ2) is 8.74. The number of aromatic nitrogens is 1. The number of fused-ring (bicyclic) bond motifs is 6. The van der Waals surface area contributed by atoms with E-state index in [2.05, 4.69) is 24.5 Å². The number of hydrogen-bond acceptors (Lipinski definition) is 5. The molecule has 1 aliphatic carbocycles. The van der Waals surface area contributed by atoms with Gasteiger partial charge in [-0.3, -0.25) is 9.59 Å². The Labute approximate surface area is 189 Å². The number of rotatable bonds is 7. The molecule has 0 N–H and O–H groups in total. The Hall–Kier alpha value is -2.60. The van der Waals surface area contributed by atoms with Gasteiger partial charge in [0.2, 0.25) is 0 Å². The maximum absolute atomic E-state index is 12.8. The largest absolute Gasteiger partial charge is 0.493 e. The van der Waals surface area contributed by atoms with Crippen LogP contribution < -0.4 is 14.9 Å². The molecule has 1 aromatic heterocycles. The smallest absolute Gasteiger partial charge is 0.192 e. The molecule has 1 fully saturated rings. The van der Waals surface area contributed by atoms with Gasteiger partial charge in [-0.1, -0.05) is 20.3 Å². The van der Waals surface area contributed by atoms with E-state index in [1.807, 2.05) is 6.07 Å². The van der Waals surface area contributed by atoms with Crippen molar-refractivity contribution in [2.45, 2.75) is 58.4 Å². The first kappa shape index (κ1) is 22.6. The highest BCUT2D eigenvalue weighted by atomic mass is 16.5. The standard InChI is InChI=1S/C26H33NO5/c1-16(28)20-15-27-21(14-22(20)29)19-13-23(31-5)24(32-11-7-10-30-4)12-18(19)17-8-6-9-26(2,3)25(17)27/h12-15,17,25H,6-11H2,1-5H3/t17-,25+/m1/s1. The zero-order valence-corrected chi connectivity index (χ0v) is 19.7. The molecule has 6 heteroatoms. The van der Waals surface area contributed by atoms with Crippen LogP contribution in [-0.4, -0.2) is 37.8 Å². The fraction of sp³-hybridized carbons (Fsp3) is 0.538. The first-order valence-corrected chi connectivity index (χ1v) is 11.4. The van der Waals surface area contributed by atoms with Crippen LogP contribution in [0.1, 0.15) is 74.3 Å². The summed E-state index contributed by atoms with van der Waals surface area (Å²) in [5, 5.41) is 0. The number of pyridine rings is 1. The fourth-order valence-electron chi connectivity index (χ4n) is 5.55. The Morgan fingerprint density at radius 2 is 1.94 bits per heavy atom. The Morgan fingerprint density at radius 3 is 2.62 bits per heavy atom. The van der Waals surface area contributed by atoms with E-state index >= 15 is 0 Å². The Morgan fingerprint density at radius 1 is 1.16 bits per heavy atom. The molecule has 1 saturated carbocycles. The van der Waals surface area contributed by atoms with Crippen molar-refractivity contribution in [2.24, 2.45) is 5.41 Å². The van der Waals surface area contributed by atoms with E-state index in [0.29, 0.717) is 19.0 Å². The minimum absolute atomic E-state index is 0.0257. The molecule has 2 atom stereocenters. The van der Waals surface area contributed by atoms with Crippen LogP contribution in [0.3, 0.4) is 0 Å². The zero-order valence-electron chi connectivity index (χ0n) is 19.7. The molecule has 32 heavy (non-hydrogen) atoms. The van der Waals surface area contributed by atoms with Gasteiger partial charge in [-0.15, -0.1) is 0 Å². The molecule has 4 rings (SSSR count). The summed E-state index contributed by atoms with van der Waals surface area (Å²) in [6.07, 6.45) is 5.87. The van der Waals surface area contributed by atoms with Crippen molar-refractivity contribution in [3.8, 4) is 22.8 Å². The van der Waals surface area contributed by atoms with Crippen molar-refractivity contribution in [2.75, 3.05) is 27.4 Å². The lowest BCUT2D eigenvalue weighted by molar-refractivity contribution is 0.100. The molecule has 6 nitrogen and oxygen atoms in total. The Kier molecular flexibility index (Phi) is 6.17. The van der Waals surface area contributed by atoms with E-state index in [-0.39, 0.29) is 34.2 Å².